The molecule has 0 amide bonds. The highest BCUT2D eigenvalue weighted by atomic mass is 32.1. The second kappa shape index (κ2) is 6.80. The van der Waals surface area contributed by atoms with Crippen LogP contribution in [0, 0.1) is 13.8 Å². The molecule has 0 aliphatic heterocycles. The minimum Gasteiger partial charge on any atom is -0.134 e. The summed E-state index contributed by atoms with van der Waals surface area (Å²) in [5, 5.41) is 2.76. The third-order valence-corrected chi connectivity index (χ3v) is 8.29. The van der Waals surface area contributed by atoms with Gasteiger partial charge in [-0.25, -0.2) is 0 Å². The fraction of sp³-hybridized carbons (Fsp3) is 0.0714. The van der Waals surface area contributed by atoms with Crippen molar-refractivity contribution in [2.75, 3.05) is 0 Å². The highest BCUT2D eigenvalue weighted by Gasteiger charge is 2.13. The molecule has 2 aromatic heterocycles. The highest BCUT2D eigenvalue weighted by Crippen LogP contribution is 2.45. The normalized spacial score (nSPS) is 11.7. The maximum absolute atomic E-state index is 2.36. The summed E-state index contributed by atoms with van der Waals surface area (Å²) in [6.45, 7) is 4.31. The van der Waals surface area contributed by atoms with E-state index in [1.807, 2.05) is 22.7 Å². The Morgan fingerprint density at radius 3 is 1.33 bits per heavy atom. The molecular weight excluding hydrogens is 400 g/mol. The van der Waals surface area contributed by atoms with Crippen molar-refractivity contribution in [1.29, 1.82) is 0 Å². The van der Waals surface area contributed by atoms with E-state index in [4.69, 9.17) is 0 Å². The van der Waals surface area contributed by atoms with Gasteiger partial charge in [0.15, 0.2) is 0 Å². The van der Waals surface area contributed by atoms with E-state index in [1.165, 1.54) is 63.0 Å². The minimum atomic E-state index is 1.29. The second-order valence-corrected chi connectivity index (χ2v) is 10.1. The van der Waals surface area contributed by atoms with Gasteiger partial charge in [-0.3, -0.25) is 0 Å². The topological polar surface area (TPSA) is 0 Å². The Morgan fingerprint density at radius 1 is 0.467 bits per heavy atom. The standard InChI is InChI=1S/C28H20S2/c1-17-5-3-7-19(13-17)21-9-11-23-25(15-21)29-28-24-12-10-22(16-26(24)30-27(23)28)20-8-4-6-18(2)14-20/h3-16H,1-2H3. The van der Waals surface area contributed by atoms with Crippen LogP contribution in [0.25, 0.3) is 51.8 Å². The first-order chi connectivity index (χ1) is 14.7. The third-order valence-electron chi connectivity index (χ3n) is 5.79. The molecule has 0 atom stereocenters. The number of aryl methyl sites for hydroxylation is 2. The van der Waals surface area contributed by atoms with Gasteiger partial charge in [-0.2, -0.15) is 0 Å². The molecule has 0 saturated carbocycles. The lowest BCUT2D eigenvalue weighted by atomic mass is 10.0. The van der Waals surface area contributed by atoms with Crippen LogP contribution in [-0.2, 0) is 0 Å². The van der Waals surface area contributed by atoms with Crippen LogP contribution in [0.4, 0.5) is 0 Å². The van der Waals surface area contributed by atoms with Gasteiger partial charge in [-0.15, -0.1) is 22.7 Å². The van der Waals surface area contributed by atoms with Crippen LogP contribution in [0.3, 0.4) is 0 Å². The zero-order valence-corrected chi connectivity index (χ0v) is 18.5. The zero-order valence-electron chi connectivity index (χ0n) is 16.9. The molecule has 0 saturated heterocycles. The number of rotatable bonds is 2. The van der Waals surface area contributed by atoms with Crippen molar-refractivity contribution in [3.63, 3.8) is 0 Å². The Balaban J connectivity index is 1.50. The Morgan fingerprint density at radius 2 is 0.900 bits per heavy atom. The van der Waals surface area contributed by atoms with Crippen molar-refractivity contribution >= 4 is 52.2 Å². The van der Waals surface area contributed by atoms with Crippen molar-refractivity contribution in [3.8, 4) is 22.3 Å². The van der Waals surface area contributed by atoms with Crippen molar-refractivity contribution in [2.45, 2.75) is 13.8 Å². The molecule has 144 valence electrons. The molecule has 6 rings (SSSR count). The summed E-state index contributed by atoms with van der Waals surface area (Å²) in [4.78, 5) is 0. The predicted octanol–water partition coefficient (Wildman–Crippen LogP) is 9.22. The van der Waals surface area contributed by atoms with Gasteiger partial charge in [0, 0.05) is 20.2 Å². The molecule has 0 radical (unpaired) electrons. The van der Waals surface area contributed by atoms with E-state index in [1.54, 1.807) is 0 Å². The van der Waals surface area contributed by atoms with Gasteiger partial charge < -0.3 is 0 Å². The van der Waals surface area contributed by atoms with Gasteiger partial charge in [0.1, 0.15) is 0 Å². The van der Waals surface area contributed by atoms with Crippen LogP contribution < -0.4 is 0 Å². The van der Waals surface area contributed by atoms with E-state index in [0.717, 1.165) is 0 Å². The van der Waals surface area contributed by atoms with E-state index >= 15 is 0 Å². The van der Waals surface area contributed by atoms with Crippen molar-refractivity contribution in [2.24, 2.45) is 0 Å². The summed E-state index contributed by atoms with van der Waals surface area (Å²) < 4.78 is 5.59. The van der Waals surface area contributed by atoms with E-state index in [0.29, 0.717) is 0 Å². The highest BCUT2D eigenvalue weighted by molar-refractivity contribution is 7.36. The monoisotopic (exact) mass is 420 g/mol. The summed E-state index contributed by atoms with van der Waals surface area (Å²) in [5.74, 6) is 0. The Hall–Kier alpha value is -2.94. The largest absolute Gasteiger partial charge is 0.134 e. The molecule has 0 unspecified atom stereocenters. The second-order valence-electron chi connectivity index (χ2n) is 8.02. The van der Waals surface area contributed by atoms with Gasteiger partial charge >= 0.3 is 0 Å². The SMILES string of the molecule is Cc1cccc(-c2ccc3c(c2)sc2c4ccc(-c5cccc(C)c5)cc4sc32)c1. The summed E-state index contributed by atoms with van der Waals surface area (Å²) >= 11 is 3.85. The van der Waals surface area contributed by atoms with Crippen LogP contribution >= 0.6 is 22.7 Å². The van der Waals surface area contributed by atoms with Crippen molar-refractivity contribution < 1.29 is 0 Å². The van der Waals surface area contributed by atoms with Crippen molar-refractivity contribution in [1.82, 2.24) is 0 Å². The average molecular weight is 421 g/mol. The number of hydrogen-bond acceptors (Lipinski definition) is 2. The molecule has 0 aliphatic rings. The van der Waals surface area contributed by atoms with Crippen LogP contribution in [0.2, 0.25) is 0 Å². The van der Waals surface area contributed by atoms with Crippen molar-refractivity contribution in [3.05, 3.63) is 96.1 Å². The molecule has 6 aromatic rings. The molecule has 2 heterocycles. The maximum Gasteiger partial charge on any atom is 0.0542 e. The summed E-state index contributed by atoms with van der Waals surface area (Å²) in [6, 6.07) is 31.4. The summed E-state index contributed by atoms with van der Waals surface area (Å²) in [7, 11) is 0. The maximum atomic E-state index is 2.36. The quantitative estimate of drug-likeness (QED) is 0.262. The third kappa shape index (κ3) is 2.87. The van der Waals surface area contributed by atoms with Gasteiger partial charge in [0.2, 0.25) is 0 Å². The minimum absolute atomic E-state index is 1.29. The van der Waals surface area contributed by atoms with E-state index in [9.17, 15) is 0 Å². The predicted molar refractivity (Wildman–Crippen MR) is 135 cm³/mol. The molecule has 30 heavy (non-hydrogen) atoms. The van der Waals surface area contributed by atoms with Gasteiger partial charge in [0.05, 0.1) is 9.40 Å². The Bertz CT molecular complexity index is 1440. The zero-order chi connectivity index (χ0) is 20.2. The molecule has 0 spiro atoms. The van der Waals surface area contributed by atoms with Crippen LogP contribution in [0.1, 0.15) is 11.1 Å². The first kappa shape index (κ1) is 17.9. The molecule has 0 bridgehead atoms. The van der Waals surface area contributed by atoms with E-state index < -0.39 is 0 Å². The summed E-state index contributed by atoms with van der Waals surface area (Å²) in [6.07, 6.45) is 0. The van der Waals surface area contributed by atoms with Gasteiger partial charge in [-0.1, -0.05) is 83.9 Å². The van der Waals surface area contributed by atoms with E-state index in [-0.39, 0.29) is 0 Å². The smallest absolute Gasteiger partial charge is 0.0542 e. The van der Waals surface area contributed by atoms with Crippen LogP contribution in [0.5, 0.6) is 0 Å². The van der Waals surface area contributed by atoms with Crippen LogP contribution in [-0.4, -0.2) is 0 Å². The lowest BCUT2D eigenvalue weighted by molar-refractivity contribution is 1.47. The Labute approximate surface area is 184 Å². The lowest BCUT2D eigenvalue weighted by Crippen LogP contribution is -1.78. The first-order valence-corrected chi connectivity index (χ1v) is 11.8. The molecule has 0 nitrogen and oxygen atoms in total. The van der Waals surface area contributed by atoms with Gasteiger partial charge in [-0.05, 0) is 48.2 Å². The molecule has 0 fully saturated rings. The molecule has 4 aromatic carbocycles. The molecule has 0 N–H and O–H groups in total. The molecule has 0 aliphatic carbocycles. The first-order valence-electron chi connectivity index (χ1n) is 10.2. The van der Waals surface area contributed by atoms with Gasteiger partial charge in [0.25, 0.3) is 0 Å². The average Bonchev–Trinajstić information content (AvgIpc) is 3.28. The fourth-order valence-electron chi connectivity index (χ4n) is 4.26. The van der Waals surface area contributed by atoms with Crippen LogP contribution in [0.15, 0.2) is 84.9 Å². The Kier molecular flexibility index (Phi) is 4.05. The molecule has 2 heteroatoms. The number of hydrogen-bond donors (Lipinski definition) is 0. The van der Waals surface area contributed by atoms with E-state index in [2.05, 4.69) is 98.8 Å². The fourth-order valence-corrected chi connectivity index (χ4v) is 7.00. The number of thiophene rings is 2. The summed E-state index contributed by atoms with van der Waals surface area (Å²) in [5.41, 5.74) is 7.78. The lowest BCUT2D eigenvalue weighted by Gasteiger charge is -2.04. The molecular formula is C28H20S2. The number of fused-ring (bicyclic) bond motifs is 5. The number of benzene rings is 4.